The summed E-state index contributed by atoms with van der Waals surface area (Å²) in [6.07, 6.45) is 1.63. The number of aliphatic hydroxyl groups excluding tert-OH is 1. The summed E-state index contributed by atoms with van der Waals surface area (Å²) in [4.78, 5) is 0. The summed E-state index contributed by atoms with van der Waals surface area (Å²) in [5, 5.41) is 9.04. The molecule has 0 fully saturated rings. The molecule has 0 amide bonds. The van der Waals surface area contributed by atoms with E-state index in [1.807, 2.05) is 0 Å². The van der Waals surface area contributed by atoms with Gasteiger partial charge in [0.05, 0.1) is 0 Å². The fourth-order valence-electron chi connectivity index (χ4n) is 1.57. The predicted molar refractivity (Wildman–Crippen MR) is 74.4 cm³/mol. The highest BCUT2D eigenvalue weighted by molar-refractivity contribution is 9.11. The summed E-state index contributed by atoms with van der Waals surface area (Å²) in [6.45, 7) is 4.36. The van der Waals surface area contributed by atoms with Gasteiger partial charge >= 0.3 is 0 Å². The normalized spacial score (nSPS) is 10.8. The Bertz CT molecular complexity index is 375. The van der Waals surface area contributed by atoms with Crippen molar-refractivity contribution in [3.05, 3.63) is 30.1 Å². The molecule has 1 rings (SSSR count). The van der Waals surface area contributed by atoms with Gasteiger partial charge in [-0.25, -0.2) is 0 Å². The van der Waals surface area contributed by atoms with Crippen LogP contribution in [-0.2, 0) is 12.8 Å². The van der Waals surface area contributed by atoms with Crippen molar-refractivity contribution < 1.29 is 5.11 Å². The lowest BCUT2D eigenvalue weighted by molar-refractivity contribution is 0.299. The maximum absolute atomic E-state index is 9.04. The molecular formula is C11H13Br3O. The fourth-order valence-corrected chi connectivity index (χ4v) is 4.51. The zero-order chi connectivity index (χ0) is 11.6. The van der Waals surface area contributed by atoms with Crippen molar-refractivity contribution in [3.63, 3.8) is 0 Å². The minimum atomic E-state index is 0.168. The lowest BCUT2D eigenvalue weighted by Gasteiger charge is -2.16. The van der Waals surface area contributed by atoms with Gasteiger partial charge < -0.3 is 5.11 Å². The van der Waals surface area contributed by atoms with Crippen LogP contribution in [0.25, 0.3) is 0 Å². The molecule has 0 atom stereocenters. The SMILES string of the molecule is CCc1c(Br)c(C)c(Br)c(CCO)c1Br. The van der Waals surface area contributed by atoms with Crippen LogP contribution < -0.4 is 0 Å². The molecule has 4 heteroatoms. The molecule has 0 aromatic heterocycles. The van der Waals surface area contributed by atoms with Gasteiger partial charge in [-0.3, -0.25) is 0 Å². The van der Waals surface area contributed by atoms with E-state index in [1.54, 1.807) is 0 Å². The molecule has 0 saturated carbocycles. The molecule has 0 saturated heterocycles. The van der Waals surface area contributed by atoms with E-state index in [0.29, 0.717) is 6.42 Å². The maximum Gasteiger partial charge on any atom is 0.0472 e. The largest absolute Gasteiger partial charge is 0.396 e. The predicted octanol–water partition coefficient (Wildman–Crippen LogP) is 4.38. The molecule has 0 aliphatic rings. The molecule has 1 nitrogen and oxygen atoms in total. The first-order valence-electron chi connectivity index (χ1n) is 4.80. The maximum atomic E-state index is 9.04. The topological polar surface area (TPSA) is 20.2 Å². The van der Waals surface area contributed by atoms with Gasteiger partial charge in [0.1, 0.15) is 0 Å². The van der Waals surface area contributed by atoms with Crippen LogP contribution in [-0.4, -0.2) is 11.7 Å². The summed E-state index contributed by atoms with van der Waals surface area (Å²) in [5.41, 5.74) is 3.60. The van der Waals surface area contributed by atoms with Gasteiger partial charge in [0, 0.05) is 20.0 Å². The van der Waals surface area contributed by atoms with Crippen LogP contribution in [0.4, 0.5) is 0 Å². The minimum Gasteiger partial charge on any atom is -0.396 e. The average Bonchev–Trinajstić information content (AvgIpc) is 2.22. The molecule has 0 bridgehead atoms. The second kappa shape index (κ2) is 5.80. The number of rotatable bonds is 3. The van der Waals surface area contributed by atoms with Crippen LogP contribution in [0.3, 0.4) is 0 Å². The van der Waals surface area contributed by atoms with Gasteiger partial charge in [-0.2, -0.15) is 0 Å². The lowest BCUT2D eigenvalue weighted by atomic mass is 10.0. The fraction of sp³-hybridized carbons (Fsp3) is 0.455. The van der Waals surface area contributed by atoms with Gasteiger partial charge in [-0.05, 0) is 36.5 Å². The van der Waals surface area contributed by atoms with Crippen LogP contribution in [0.1, 0.15) is 23.6 Å². The van der Waals surface area contributed by atoms with Crippen molar-refractivity contribution in [3.8, 4) is 0 Å². The highest BCUT2D eigenvalue weighted by atomic mass is 79.9. The standard InChI is InChI=1S/C11H13Br3O/c1-3-7-9(12)6(2)10(13)8(4-5-15)11(7)14/h15H,3-5H2,1-2H3. The lowest BCUT2D eigenvalue weighted by Crippen LogP contribution is -2.00. The van der Waals surface area contributed by atoms with E-state index in [9.17, 15) is 0 Å². The van der Waals surface area contributed by atoms with Gasteiger partial charge in [-0.1, -0.05) is 54.7 Å². The molecule has 15 heavy (non-hydrogen) atoms. The molecular weight excluding hydrogens is 388 g/mol. The molecule has 1 aromatic rings. The number of hydrogen-bond acceptors (Lipinski definition) is 1. The van der Waals surface area contributed by atoms with Crippen molar-refractivity contribution >= 4 is 47.8 Å². The second-order valence-corrected chi connectivity index (χ2v) is 5.73. The summed E-state index contributed by atoms with van der Waals surface area (Å²) in [5.74, 6) is 0. The Morgan fingerprint density at radius 2 is 1.53 bits per heavy atom. The highest BCUT2D eigenvalue weighted by Crippen LogP contribution is 2.38. The Balaban J connectivity index is 3.45. The zero-order valence-corrected chi connectivity index (χ0v) is 13.5. The third kappa shape index (κ3) is 2.65. The summed E-state index contributed by atoms with van der Waals surface area (Å²) in [7, 11) is 0. The quantitative estimate of drug-likeness (QED) is 0.798. The first-order valence-corrected chi connectivity index (χ1v) is 7.18. The average molecular weight is 401 g/mol. The molecule has 84 valence electrons. The van der Waals surface area contributed by atoms with E-state index >= 15 is 0 Å². The van der Waals surface area contributed by atoms with Crippen LogP contribution in [0, 0.1) is 6.92 Å². The van der Waals surface area contributed by atoms with Gasteiger partial charge in [0.2, 0.25) is 0 Å². The smallest absolute Gasteiger partial charge is 0.0472 e. The van der Waals surface area contributed by atoms with Gasteiger partial charge in [0.15, 0.2) is 0 Å². The van der Waals surface area contributed by atoms with Crippen molar-refractivity contribution in [1.82, 2.24) is 0 Å². The van der Waals surface area contributed by atoms with Gasteiger partial charge in [-0.15, -0.1) is 0 Å². The molecule has 0 radical (unpaired) electrons. The Hall–Kier alpha value is 0.620. The highest BCUT2D eigenvalue weighted by Gasteiger charge is 2.16. The van der Waals surface area contributed by atoms with E-state index in [4.69, 9.17) is 5.11 Å². The minimum absolute atomic E-state index is 0.168. The third-order valence-electron chi connectivity index (χ3n) is 2.43. The van der Waals surface area contributed by atoms with Crippen molar-refractivity contribution in [1.29, 1.82) is 0 Å². The van der Waals surface area contributed by atoms with E-state index in [2.05, 4.69) is 61.6 Å². The number of aliphatic hydroxyl groups is 1. The molecule has 1 aromatic carbocycles. The van der Waals surface area contributed by atoms with E-state index in [0.717, 1.165) is 25.4 Å². The summed E-state index contributed by atoms with van der Waals surface area (Å²) < 4.78 is 3.32. The number of benzene rings is 1. The summed E-state index contributed by atoms with van der Waals surface area (Å²) >= 11 is 10.8. The van der Waals surface area contributed by atoms with Crippen LogP contribution in [0.15, 0.2) is 13.4 Å². The third-order valence-corrected chi connectivity index (χ3v) is 5.54. The van der Waals surface area contributed by atoms with Gasteiger partial charge in [0.25, 0.3) is 0 Å². The van der Waals surface area contributed by atoms with E-state index in [1.165, 1.54) is 11.1 Å². The molecule has 1 N–H and O–H groups in total. The Labute approximate surface area is 116 Å². The van der Waals surface area contributed by atoms with E-state index < -0.39 is 0 Å². The van der Waals surface area contributed by atoms with Crippen LogP contribution >= 0.6 is 47.8 Å². The first-order chi connectivity index (χ1) is 7.04. The first kappa shape index (κ1) is 13.7. The molecule has 0 aliphatic heterocycles. The van der Waals surface area contributed by atoms with Crippen LogP contribution in [0.2, 0.25) is 0 Å². The molecule has 0 spiro atoms. The monoisotopic (exact) mass is 398 g/mol. The van der Waals surface area contributed by atoms with E-state index in [-0.39, 0.29) is 6.61 Å². The Kier molecular flexibility index (Phi) is 5.29. The number of halogens is 3. The van der Waals surface area contributed by atoms with Crippen molar-refractivity contribution in [2.45, 2.75) is 26.7 Å². The molecule has 0 aliphatic carbocycles. The zero-order valence-electron chi connectivity index (χ0n) is 8.70. The van der Waals surface area contributed by atoms with Crippen molar-refractivity contribution in [2.75, 3.05) is 6.61 Å². The molecule has 0 heterocycles. The second-order valence-electron chi connectivity index (χ2n) is 3.35. The van der Waals surface area contributed by atoms with Crippen LogP contribution in [0.5, 0.6) is 0 Å². The number of hydrogen-bond donors (Lipinski definition) is 1. The van der Waals surface area contributed by atoms with Crippen molar-refractivity contribution in [2.24, 2.45) is 0 Å². The Morgan fingerprint density at radius 1 is 1.00 bits per heavy atom. The summed E-state index contributed by atoms with van der Waals surface area (Å²) in [6, 6.07) is 0. The Morgan fingerprint density at radius 3 is 2.00 bits per heavy atom. The molecule has 0 unspecified atom stereocenters.